The molecular formula is C13H27Cl2N. The molecule has 1 saturated heterocycles. The third kappa shape index (κ3) is 2.37. The Morgan fingerprint density at radius 3 is 1.94 bits per heavy atom. The van der Waals surface area contributed by atoms with Gasteiger partial charge in [0.1, 0.15) is 0 Å². The second-order valence-electron chi connectivity index (χ2n) is 5.31. The molecule has 0 amide bonds. The Kier molecular flexibility index (Phi) is 6.68. The van der Waals surface area contributed by atoms with Crippen molar-refractivity contribution < 1.29 is 0 Å². The summed E-state index contributed by atoms with van der Waals surface area (Å²) >= 11 is 0. The molecule has 0 radical (unpaired) electrons. The molecule has 0 aromatic carbocycles. The monoisotopic (exact) mass is 267 g/mol. The van der Waals surface area contributed by atoms with Crippen molar-refractivity contribution >= 4 is 24.8 Å². The first-order valence-corrected chi connectivity index (χ1v) is 6.54. The maximum atomic E-state index is 3.83. The molecule has 1 aliphatic heterocycles. The molecule has 0 atom stereocenters. The predicted octanol–water partition coefficient (Wildman–Crippen LogP) is 4.33. The van der Waals surface area contributed by atoms with Crippen LogP contribution in [0, 0.1) is 5.41 Å². The minimum Gasteiger partial charge on any atom is -0.311 e. The molecule has 0 aromatic rings. The van der Waals surface area contributed by atoms with Gasteiger partial charge in [0.2, 0.25) is 0 Å². The zero-order valence-corrected chi connectivity index (χ0v) is 12.3. The zero-order chi connectivity index (χ0) is 10.1. The van der Waals surface area contributed by atoms with Crippen LogP contribution < -0.4 is 5.32 Å². The third-order valence-electron chi connectivity index (χ3n) is 5.10. The van der Waals surface area contributed by atoms with E-state index in [0.717, 1.165) is 0 Å². The smallest absolute Gasteiger partial charge is 0.0232 e. The van der Waals surface area contributed by atoms with Crippen molar-refractivity contribution in [3.63, 3.8) is 0 Å². The van der Waals surface area contributed by atoms with Gasteiger partial charge in [0, 0.05) is 5.54 Å². The summed E-state index contributed by atoms with van der Waals surface area (Å²) in [6.07, 6.45) is 11.5. The Morgan fingerprint density at radius 2 is 1.44 bits per heavy atom. The molecule has 1 spiro atoms. The van der Waals surface area contributed by atoms with E-state index in [1.54, 1.807) is 0 Å². The minimum atomic E-state index is 0. The van der Waals surface area contributed by atoms with Crippen molar-refractivity contribution in [2.24, 2.45) is 5.41 Å². The fourth-order valence-electron chi connectivity index (χ4n) is 4.17. The second-order valence-corrected chi connectivity index (χ2v) is 5.31. The van der Waals surface area contributed by atoms with Gasteiger partial charge < -0.3 is 5.32 Å². The van der Waals surface area contributed by atoms with E-state index in [-0.39, 0.29) is 24.8 Å². The first-order valence-electron chi connectivity index (χ1n) is 6.54. The fraction of sp³-hybridized carbons (Fsp3) is 1.00. The van der Waals surface area contributed by atoms with Gasteiger partial charge in [-0.3, -0.25) is 0 Å². The van der Waals surface area contributed by atoms with Gasteiger partial charge in [-0.15, -0.1) is 24.8 Å². The van der Waals surface area contributed by atoms with E-state index in [1.165, 1.54) is 57.9 Å². The van der Waals surface area contributed by atoms with E-state index in [4.69, 9.17) is 0 Å². The van der Waals surface area contributed by atoms with Crippen LogP contribution in [0.3, 0.4) is 0 Å². The molecule has 1 heterocycles. The van der Waals surface area contributed by atoms with Gasteiger partial charge in [0.15, 0.2) is 0 Å². The molecule has 0 unspecified atom stereocenters. The molecule has 1 saturated carbocycles. The van der Waals surface area contributed by atoms with Crippen molar-refractivity contribution in [1.82, 2.24) is 5.32 Å². The molecule has 1 N–H and O–H groups in total. The molecule has 1 nitrogen and oxygen atoms in total. The lowest BCUT2D eigenvalue weighted by Gasteiger charge is -2.48. The maximum absolute atomic E-state index is 3.83. The fourth-order valence-corrected chi connectivity index (χ4v) is 4.17. The van der Waals surface area contributed by atoms with Gasteiger partial charge in [-0.05, 0) is 44.1 Å². The lowest BCUT2D eigenvalue weighted by molar-refractivity contribution is 0.0751. The van der Waals surface area contributed by atoms with Crippen molar-refractivity contribution in [2.45, 2.75) is 70.8 Å². The highest BCUT2D eigenvalue weighted by molar-refractivity contribution is 5.85. The van der Waals surface area contributed by atoms with Crippen LogP contribution in [0.15, 0.2) is 0 Å². The summed E-state index contributed by atoms with van der Waals surface area (Å²) in [6.45, 7) is 6.01. The molecule has 16 heavy (non-hydrogen) atoms. The molecule has 1 aliphatic carbocycles. The predicted molar refractivity (Wildman–Crippen MR) is 75.9 cm³/mol. The molecule has 98 valence electrons. The standard InChI is InChI=1S/C13H25N.2ClH/c1-3-13(4-2)12(10-11-14-13)8-6-5-7-9-12;;/h14H,3-11H2,1-2H3;2*1H. The van der Waals surface area contributed by atoms with Crippen LogP contribution in [-0.4, -0.2) is 12.1 Å². The second kappa shape index (κ2) is 6.47. The number of hydrogen-bond donors (Lipinski definition) is 1. The van der Waals surface area contributed by atoms with Crippen molar-refractivity contribution in [3.8, 4) is 0 Å². The van der Waals surface area contributed by atoms with Gasteiger partial charge >= 0.3 is 0 Å². The SMILES string of the molecule is CCC1(CC)NCCC12CCCCC2.Cl.Cl. The van der Waals surface area contributed by atoms with Crippen molar-refractivity contribution in [2.75, 3.05) is 6.54 Å². The Balaban J connectivity index is 0.00000112. The first kappa shape index (κ1) is 16.5. The van der Waals surface area contributed by atoms with Gasteiger partial charge in [-0.25, -0.2) is 0 Å². The first-order chi connectivity index (χ1) is 6.79. The third-order valence-corrected chi connectivity index (χ3v) is 5.10. The Morgan fingerprint density at radius 1 is 0.875 bits per heavy atom. The van der Waals surface area contributed by atoms with Crippen LogP contribution in [0.4, 0.5) is 0 Å². The van der Waals surface area contributed by atoms with Crippen LogP contribution in [0.5, 0.6) is 0 Å². The van der Waals surface area contributed by atoms with E-state index < -0.39 is 0 Å². The summed E-state index contributed by atoms with van der Waals surface area (Å²) in [4.78, 5) is 0. The Hall–Kier alpha value is 0.540. The van der Waals surface area contributed by atoms with Gasteiger partial charge in [-0.2, -0.15) is 0 Å². The summed E-state index contributed by atoms with van der Waals surface area (Å²) in [5.74, 6) is 0. The summed E-state index contributed by atoms with van der Waals surface area (Å²) in [5, 5.41) is 3.83. The number of rotatable bonds is 2. The van der Waals surface area contributed by atoms with Crippen LogP contribution >= 0.6 is 24.8 Å². The normalized spacial score (nSPS) is 25.9. The van der Waals surface area contributed by atoms with Crippen molar-refractivity contribution in [1.29, 1.82) is 0 Å². The van der Waals surface area contributed by atoms with E-state index in [1.807, 2.05) is 0 Å². The molecule has 0 bridgehead atoms. The summed E-state index contributed by atoms with van der Waals surface area (Å²) < 4.78 is 0. The Labute approximate surface area is 113 Å². The molecule has 0 aromatic heterocycles. The average Bonchev–Trinajstić information content (AvgIpc) is 2.58. The highest BCUT2D eigenvalue weighted by atomic mass is 35.5. The van der Waals surface area contributed by atoms with Gasteiger partial charge in [0.05, 0.1) is 0 Å². The van der Waals surface area contributed by atoms with E-state index in [9.17, 15) is 0 Å². The highest BCUT2D eigenvalue weighted by Crippen LogP contribution is 2.53. The minimum absolute atomic E-state index is 0. The van der Waals surface area contributed by atoms with Crippen LogP contribution in [0.1, 0.15) is 65.2 Å². The van der Waals surface area contributed by atoms with Crippen LogP contribution in [-0.2, 0) is 0 Å². The zero-order valence-electron chi connectivity index (χ0n) is 10.7. The quantitative estimate of drug-likeness (QED) is 0.786. The molecule has 2 aliphatic rings. The van der Waals surface area contributed by atoms with E-state index in [0.29, 0.717) is 11.0 Å². The van der Waals surface area contributed by atoms with Crippen LogP contribution in [0.2, 0.25) is 0 Å². The largest absolute Gasteiger partial charge is 0.311 e. The van der Waals surface area contributed by atoms with Crippen LogP contribution in [0.25, 0.3) is 0 Å². The summed E-state index contributed by atoms with van der Waals surface area (Å²) in [7, 11) is 0. The Bertz CT molecular complexity index is 196. The summed E-state index contributed by atoms with van der Waals surface area (Å²) in [6, 6.07) is 0. The summed E-state index contributed by atoms with van der Waals surface area (Å²) in [5.41, 5.74) is 1.17. The molecular weight excluding hydrogens is 241 g/mol. The maximum Gasteiger partial charge on any atom is 0.0232 e. The van der Waals surface area contributed by atoms with Gasteiger partial charge in [0.25, 0.3) is 0 Å². The molecule has 2 fully saturated rings. The molecule has 2 rings (SSSR count). The number of hydrogen-bond acceptors (Lipinski definition) is 1. The highest BCUT2D eigenvalue weighted by Gasteiger charge is 2.51. The van der Waals surface area contributed by atoms with Gasteiger partial charge in [-0.1, -0.05) is 33.1 Å². The lowest BCUT2D eigenvalue weighted by Crippen LogP contribution is -2.51. The topological polar surface area (TPSA) is 12.0 Å². The number of nitrogens with one attached hydrogen (secondary N) is 1. The number of halogens is 2. The lowest BCUT2D eigenvalue weighted by atomic mass is 9.60. The van der Waals surface area contributed by atoms with Crippen molar-refractivity contribution in [3.05, 3.63) is 0 Å². The van der Waals surface area contributed by atoms with E-state index >= 15 is 0 Å². The average molecular weight is 268 g/mol. The molecule has 3 heteroatoms. The van der Waals surface area contributed by atoms with E-state index in [2.05, 4.69) is 19.2 Å².